The van der Waals surface area contributed by atoms with E-state index in [1.54, 1.807) is 36.4 Å². The van der Waals surface area contributed by atoms with Crippen molar-refractivity contribution < 1.29 is 19.4 Å². The maximum atomic E-state index is 13.3. The standard InChI is InChI=1S/C27H24N2O4S/c1-27(2,3)18-9-14-23(30)17(15-18)16-22-24(31)28-26(34)29(25(22)32)19-10-12-21(13-11-19)33-20-7-5-4-6-8-20/h4-16,30H,1-3H3,(H,28,31,34)/b22-16+. The zero-order chi connectivity index (χ0) is 24.5. The van der Waals surface area contributed by atoms with Crippen LogP contribution in [0.2, 0.25) is 0 Å². The summed E-state index contributed by atoms with van der Waals surface area (Å²) in [5, 5.41) is 12.9. The summed E-state index contributed by atoms with van der Waals surface area (Å²) in [4.78, 5) is 27.2. The number of nitrogens with one attached hydrogen (secondary N) is 1. The highest BCUT2D eigenvalue weighted by atomic mass is 32.1. The van der Waals surface area contributed by atoms with Crippen LogP contribution in [0.25, 0.3) is 6.08 Å². The van der Waals surface area contributed by atoms with Crippen molar-refractivity contribution in [3.05, 3.63) is 89.5 Å². The van der Waals surface area contributed by atoms with Crippen molar-refractivity contribution in [2.24, 2.45) is 0 Å². The molecule has 2 amide bonds. The van der Waals surface area contributed by atoms with Gasteiger partial charge in [-0.05, 0) is 77.8 Å². The van der Waals surface area contributed by atoms with E-state index in [0.717, 1.165) is 5.56 Å². The first-order valence-electron chi connectivity index (χ1n) is 10.7. The Morgan fingerprint density at radius 3 is 2.24 bits per heavy atom. The fourth-order valence-electron chi connectivity index (χ4n) is 3.47. The molecule has 1 aliphatic rings. The number of rotatable bonds is 4. The molecule has 1 saturated heterocycles. The van der Waals surface area contributed by atoms with Gasteiger partial charge < -0.3 is 9.84 Å². The lowest BCUT2D eigenvalue weighted by molar-refractivity contribution is -0.122. The molecular weight excluding hydrogens is 448 g/mol. The highest BCUT2D eigenvalue weighted by molar-refractivity contribution is 7.80. The summed E-state index contributed by atoms with van der Waals surface area (Å²) in [5.74, 6) is 0.0636. The molecular formula is C27H24N2O4S. The lowest BCUT2D eigenvalue weighted by Gasteiger charge is -2.29. The summed E-state index contributed by atoms with van der Waals surface area (Å²) in [5.41, 5.74) is 1.53. The first kappa shape index (κ1) is 23.2. The van der Waals surface area contributed by atoms with E-state index in [-0.39, 0.29) is 21.9 Å². The highest BCUT2D eigenvalue weighted by Crippen LogP contribution is 2.31. The number of amides is 2. The van der Waals surface area contributed by atoms with Crippen LogP contribution in [0.5, 0.6) is 17.2 Å². The van der Waals surface area contributed by atoms with Crippen LogP contribution in [0.3, 0.4) is 0 Å². The summed E-state index contributed by atoms with van der Waals surface area (Å²) in [6.45, 7) is 6.13. The Morgan fingerprint density at radius 1 is 0.941 bits per heavy atom. The van der Waals surface area contributed by atoms with Crippen LogP contribution in [-0.4, -0.2) is 22.0 Å². The normalized spacial score (nSPS) is 15.4. The molecule has 1 fully saturated rings. The number of phenols is 1. The Labute approximate surface area is 203 Å². The topological polar surface area (TPSA) is 78.9 Å². The van der Waals surface area contributed by atoms with Crippen molar-refractivity contribution in [2.45, 2.75) is 26.2 Å². The van der Waals surface area contributed by atoms with Crippen molar-refractivity contribution in [1.29, 1.82) is 0 Å². The zero-order valence-corrected chi connectivity index (χ0v) is 19.8. The van der Waals surface area contributed by atoms with Gasteiger partial charge in [0.15, 0.2) is 5.11 Å². The number of hydrogen-bond acceptors (Lipinski definition) is 5. The predicted molar refractivity (Wildman–Crippen MR) is 136 cm³/mol. The van der Waals surface area contributed by atoms with Crippen LogP contribution in [0.4, 0.5) is 5.69 Å². The number of anilines is 1. The lowest BCUT2D eigenvalue weighted by atomic mass is 9.86. The van der Waals surface area contributed by atoms with Gasteiger partial charge in [-0.2, -0.15) is 0 Å². The van der Waals surface area contributed by atoms with Crippen LogP contribution in [0.15, 0.2) is 78.4 Å². The maximum Gasteiger partial charge on any atom is 0.270 e. The van der Waals surface area contributed by atoms with Crippen LogP contribution < -0.4 is 15.0 Å². The predicted octanol–water partition coefficient (Wildman–Crippen LogP) is 5.31. The third-order valence-corrected chi connectivity index (χ3v) is 5.65. The van der Waals surface area contributed by atoms with E-state index in [9.17, 15) is 14.7 Å². The molecule has 7 heteroatoms. The molecule has 0 aliphatic carbocycles. The van der Waals surface area contributed by atoms with Gasteiger partial charge in [0.2, 0.25) is 0 Å². The van der Waals surface area contributed by atoms with Crippen LogP contribution in [0.1, 0.15) is 31.9 Å². The maximum absolute atomic E-state index is 13.3. The molecule has 3 aromatic carbocycles. The Hall–Kier alpha value is -3.97. The van der Waals surface area contributed by atoms with Gasteiger partial charge in [-0.1, -0.05) is 45.0 Å². The fraction of sp³-hybridized carbons (Fsp3) is 0.148. The summed E-state index contributed by atoms with van der Waals surface area (Å²) < 4.78 is 5.80. The zero-order valence-electron chi connectivity index (χ0n) is 19.0. The van der Waals surface area contributed by atoms with Crippen molar-refractivity contribution in [3.63, 3.8) is 0 Å². The first-order chi connectivity index (χ1) is 16.1. The minimum atomic E-state index is -0.615. The van der Waals surface area contributed by atoms with Crippen LogP contribution >= 0.6 is 12.2 Å². The Kier molecular flexibility index (Phi) is 6.22. The second kappa shape index (κ2) is 9.11. The summed E-state index contributed by atoms with van der Waals surface area (Å²) in [6.07, 6.45) is 1.39. The second-order valence-corrected chi connectivity index (χ2v) is 9.28. The summed E-state index contributed by atoms with van der Waals surface area (Å²) in [6, 6.07) is 21.3. The molecule has 1 aliphatic heterocycles. The van der Waals surface area contributed by atoms with Crippen molar-refractivity contribution >= 4 is 40.9 Å². The summed E-state index contributed by atoms with van der Waals surface area (Å²) >= 11 is 5.28. The van der Waals surface area contributed by atoms with E-state index in [1.807, 2.05) is 57.2 Å². The van der Waals surface area contributed by atoms with Gasteiger partial charge in [0.1, 0.15) is 22.8 Å². The number of phenolic OH excluding ortho intramolecular Hbond substituents is 1. The molecule has 0 unspecified atom stereocenters. The molecule has 4 rings (SSSR count). The van der Waals surface area contributed by atoms with E-state index in [1.165, 1.54) is 11.0 Å². The number of para-hydroxylation sites is 1. The fourth-order valence-corrected chi connectivity index (χ4v) is 3.75. The summed E-state index contributed by atoms with van der Waals surface area (Å²) in [7, 11) is 0. The van der Waals surface area contributed by atoms with E-state index in [4.69, 9.17) is 17.0 Å². The molecule has 0 saturated carbocycles. The van der Waals surface area contributed by atoms with Gasteiger partial charge in [-0.15, -0.1) is 0 Å². The molecule has 0 aromatic heterocycles. The molecule has 34 heavy (non-hydrogen) atoms. The number of nitrogens with zero attached hydrogens (tertiary/aromatic N) is 1. The Balaban J connectivity index is 1.64. The molecule has 172 valence electrons. The number of aromatic hydroxyl groups is 1. The van der Waals surface area contributed by atoms with Gasteiger partial charge in [-0.3, -0.25) is 19.8 Å². The molecule has 0 radical (unpaired) electrons. The van der Waals surface area contributed by atoms with Gasteiger partial charge in [-0.25, -0.2) is 0 Å². The van der Waals surface area contributed by atoms with E-state index >= 15 is 0 Å². The average Bonchev–Trinajstić information content (AvgIpc) is 2.78. The highest BCUT2D eigenvalue weighted by Gasteiger charge is 2.34. The van der Waals surface area contributed by atoms with E-state index < -0.39 is 11.8 Å². The average molecular weight is 473 g/mol. The molecule has 0 atom stereocenters. The van der Waals surface area contributed by atoms with Crippen LogP contribution in [-0.2, 0) is 15.0 Å². The number of carbonyl (C=O) groups is 2. The number of benzene rings is 3. The Bertz CT molecular complexity index is 1290. The van der Waals surface area contributed by atoms with Crippen molar-refractivity contribution in [1.82, 2.24) is 5.32 Å². The minimum absolute atomic E-state index is 0.0171. The van der Waals surface area contributed by atoms with E-state index in [2.05, 4.69) is 5.32 Å². The molecule has 1 heterocycles. The Morgan fingerprint density at radius 2 is 1.59 bits per heavy atom. The number of thiocarbonyl (C=S) groups is 1. The SMILES string of the molecule is CC(C)(C)c1ccc(O)c(/C=C2\C(=O)NC(=S)N(c3ccc(Oc4ccccc4)cc3)C2=O)c1. The molecule has 6 nitrogen and oxygen atoms in total. The van der Waals surface area contributed by atoms with Crippen LogP contribution in [0, 0.1) is 0 Å². The third-order valence-electron chi connectivity index (χ3n) is 5.37. The number of hydrogen-bond donors (Lipinski definition) is 2. The molecule has 3 aromatic rings. The third kappa shape index (κ3) is 4.84. The second-order valence-electron chi connectivity index (χ2n) is 8.89. The van der Waals surface area contributed by atoms with Crippen molar-refractivity contribution in [3.8, 4) is 17.2 Å². The van der Waals surface area contributed by atoms with Crippen molar-refractivity contribution in [2.75, 3.05) is 4.90 Å². The first-order valence-corrected chi connectivity index (χ1v) is 11.1. The molecule has 2 N–H and O–H groups in total. The quantitative estimate of drug-likeness (QED) is 0.306. The monoisotopic (exact) mass is 472 g/mol. The van der Waals surface area contributed by atoms with E-state index in [0.29, 0.717) is 22.7 Å². The number of ether oxygens (including phenoxy) is 1. The minimum Gasteiger partial charge on any atom is -0.507 e. The van der Waals surface area contributed by atoms with Gasteiger partial charge in [0.25, 0.3) is 11.8 Å². The van der Waals surface area contributed by atoms with Gasteiger partial charge in [0.05, 0.1) is 5.69 Å². The van der Waals surface area contributed by atoms with Gasteiger partial charge in [0, 0.05) is 5.56 Å². The smallest absolute Gasteiger partial charge is 0.270 e. The lowest BCUT2D eigenvalue weighted by Crippen LogP contribution is -2.54. The molecule has 0 bridgehead atoms. The molecule has 0 spiro atoms. The largest absolute Gasteiger partial charge is 0.507 e. The van der Waals surface area contributed by atoms with Gasteiger partial charge >= 0.3 is 0 Å². The number of carbonyl (C=O) groups excluding carboxylic acids is 2.